The molecule has 0 atom stereocenters. The molecule has 1 aliphatic carbocycles. The monoisotopic (exact) mass is 1150 g/mol. The standard InChI is InChI=1S/C55H94N12O14/c56-9-25-73-33-36-76-28-12-59-51(68)41-64-17-19-65(42-52(69)60-13-29-77-37-34-74-26-10-57)21-23-67(24-22-66(20-18-64)43-53(70)61-14-30-78-38-35-75-27-11-58)44-54(71)62-15-31-79-39-40-80-32-16-63-55(72)81-45-50-48-7-3-1-5-46(48)47-6-2-4-8-49(47)50/h1-8,50H,9-45,56-58H2,(H,59,68)(H,60,69)(H,61,70)(H,62,71)(H,63,72). The number of nitrogens with one attached hydrogen (secondary N) is 5. The number of hydrogen-bond acceptors (Lipinski definition) is 21. The van der Waals surface area contributed by atoms with Crippen molar-refractivity contribution in [3.8, 4) is 11.1 Å². The van der Waals surface area contributed by atoms with Gasteiger partial charge in [-0.2, -0.15) is 0 Å². The third kappa shape index (κ3) is 31.3. The summed E-state index contributed by atoms with van der Waals surface area (Å²) >= 11 is 0. The maximum Gasteiger partial charge on any atom is 0.407 e. The van der Waals surface area contributed by atoms with Crippen LogP contribution >= 0.6 is 0 Å². The number of alkyl carbamates (subject to hydrolysis) is 1. The third-order valence-electron chi connectivity index (χ3n) is 12.8. The summed E-state index contributed by atoms with van der Waals surface area (Å²) in [6.45, 7) is 12.6. The largest absolute Gasteiger partial charge is 0.449 e. The predicted molar refractivity (Wildman–Crippen MR) is 305 cm³/mol. The van der Waals surface area contributed by atoms with Crippen molar-refractivity contribution in [2.24, 2.45) is 17.2 Å². The molecule has 26 nitrogen and oxygen atoms in total. The second kappa shape index (κ2) is 44.6. The molecule has 2 aromatic rings. The molecular weight excluding hydrogens is 1050 g/mol. The zero-order valence-electron chi connectivity index (χ0n) is 47.6. The zero-order chi connectivity index (χ0) is 57.8. The molecule has 458 valence electrons. The minimum atomic E-state index is -0.510. The van der Waals surface area contributed by atoms with Crippen molar-refractivity contribution in [3.05, 3.63) is 59.7 Å². The smallest absolute Gasteiger partial charge is 0.407 e. The second-order valence-electron chi connectivity index (χ2n) is 19.0. The number of carbonyl (C=O) groups excluding carboxylic acids is 5. The van der Waals surface area contributed by atoms with E-state index in [4.69, 9.17) is 59.8 Å². The number of fused-ring (bicyclic) bond motifs is 3. The molecule has 26 heteroatoms. The number of amides is 5. The average molecular weight is 1150 g/mol. The van der Waals surface area contributed by atoms with Gasteiger partial charge in [-0.1, -0.05) is 48.5 Å². The van der Waals surface area contributed by atoms with E-state index >= 15 is 0 Å². The van der Waals surface area contributed by atoms with Crippen LogP contribution in [0.15, 0.2) is 48.5 Å². The maximum absolute atomic E-state index is 13.5. The number of nitrogens with zero attached hydrogens (tertiary/aromatic N) is 4. The summed E-state index contributed by atoms with van der Waals surface area (Å²) < 4.78 is 49.7. The Balaban J connectivity index is 1.25. The number of hydrogen-bond donors (Lipinski definition) is 8. The van der Waals surface area contributed by atoms with Gasteiger partial charge in [-0.15, -0.1) is 0 Å². The lowest BCUT2D eigenvalue weighted by Crippen LogP contribution is -2.51. The Hall–Kier alpha value is -5.01. The van der Waals surface area contributed by atoms with Gasteiger partial charge in [0.25, 0.3) is 0 Å². The van der Waals surface area contributed by atoms with Gasteiger partial charge in [0.05, 0.1) is 132 Å². The minimum Gasteiger partial charge on any atom is -0.449 e. The fourth-order valence-corrected chi connectivity index (χ4v) is 8.71. The van der Waals surface area contributed by atoms with Gasteiger partial charge in [0, 0.05) is 111 Å². The molecular formula is C55H94N12O14. The summed E-state index contributed by atoms with van der Waals surface area (Å²) in [7, 11) is 0. The van der Waals surface area contributed by atoms with Gasteiger partial charge in [-0.25, -0.2) is 4.79 Å². The number of carbonyl (C=O) groups is 5. The quantitative estimate of drug-likeness (QED) is 0.0312. The van der Waals surface area contributed by atoms with Crippen LogP contribution in [-0.4, -0.2) is 293 Å². The van der Waals surface area contributed by atoms with Crippen molar-refractivity contribution in [1.82, 2.24) is 46.2 Å². The topological polar surface area (TPSA) is 320 Å². The lowest BCUT2D eigenvalue weighted by Gasteiger charge is -2.33. The molecule has 11 N–H and O–H groups in total. The number of benzene rings is 2. The highest BCUT2D eigenvalue weighted by Crippen LogP contribution is 2.44. The summed E-state index contributed by atoms with van der Waals surface area (Å²) in [6, 6.07) is 16.4. The maximum atomic E-state index is 13.5. The van der Waals surface area contributed by atoms with Crippen LogP contribution in [0.3, 0.4) is 0 Å². The van der Waals surface area contributed by atoms with Crippen LogP contribution in [0.4, 0.5) is 4.79 Å². The van der Waals surface area contributed by atoms with Crippen LogP contribution in [0.5, 0.6) is 0 Å². The van der Waals surface area contributed by atoms with E-state index in [0.717, 1.165) is 22.3 Å². The SMILES string of the molecule is NCCOCCOCCNC(=O)CN1CCN(CC(=O)NCCOCCOCCN)CCN(CC(=O)NCCOCCOCCNC(=O)OCC2c3ccccc3-c3ccccc32)CCN(CC(=O)NCCOCCOCCN)CC1. The van der Waals surface area contributed by atoms with E-state index in [-0.39, 0.29) is 95.2 Å². The highest BCUT2D eigenvalue weighted by molar-refractivity contribution is 5.80. The Morgan fingerprint density at radius 2 is 0.630 bits per heavy atom. The van der Waals surface area contributed by atoms with Crippen molar-refractivity contribution in [1.29, 1.82) is 0 Å². The zero-order valence-corrected chi connectivity index (χ0v) is 47.6. The highest BCUT2D eigenvalue weighted by Gasteiger charge is 2.29. The summed E-state index contributed by atoms with van der Waals surface area (Å²) in [5.41, 5.74) is 21.0. The second-order valence-corrected chi connectivity index (χ2v) is 19.0. The fraction of sp³-hybridized carbons (Fsp3) is 0.691. The Kier molecular flexibility index (Phi) is 37.7. The minimum absolute atomic E-state index is 0.0247. The normalized spacial score (nSPS) is 14.8. The van der Waals surface area contributed by atoms with E-state index in [0.29, 0.717) is 178 Å². The Bertz CT molecular complexity index is 1940. The first-order valence-electron chi connectivity index (χ1n) is 28.5. The van der Waals surface area contributed by atoms with E-state index in [1.165, 1.54) is 0 Å². The van der Waals surface area contributed by atoms with E-state index in [9.17, 15) is 24.0 Å². The van der Waals surface area contributed by atoms with E-state index < -0.39 is 6.09 Å². The molecule has 81 heavy (non-hydrogen) atoms. The first kappa shape index (κ1) is 68.5. The van der Waals surface area contributed by atoms with Gasteiger partial charge in [0.1, 0.15) is 6.61 Å². The summed E-state index contributed by atoms with van der Waals surface area (Å²) in [5.74, 6) is -0.799. The third-order valence-corrected chi connectivity index (χ3v) is 12.8. The molecule has 1 heterocycles. The number of nitrogens with two attached hydrogens (primary N) is 3. The summed E-state index contributed by atoms with van der Waals surface area (Å²) in [6.07, 6.45) is -0.510. The molecule has 2 aromatic carbocycles. The van der Waals surface area contributed by atoms with Crippen molar-refractivity contribution >= 4 is 29.7 Å². The first-order valence-corrected chi connectivity index (χ1v) is 28.5. The fourth-order valence-electron chi connectivity index (χ4n) is 8.71. The van der Waals surface area contributed by atoms with Gasteiger partial charge in [-0.05, 0) is 22.3 Å². The van der Waals surface area contributed by atoms with Crippen molar-refractivity contribution < 1.29 is 66.6 Å². The van der Waals surface area contributed by atoms with Crippen LogP contribution < -0.4 is 43.8 Å². The summed E-state index contributed by atoms with van der Waals surface area (Å²) in [4.78, 5) is 73.9. The first-order chi connectivity index (χ1) is 39.7. The van der Waals surface area contributed by atoms with Gasteiger partial charge < -0.3 is 86.4 Å². The number of ether oxygens (including phenoxy) is 9. The molecule has 0 aromatic heterocycles. The molecule has 5 amide bonds. The highest BCUT2D eigenvalue weighted by atomic mass is 16.6. The van der Waals surface area contributed by atoms with Crippen LogP contribution in [-0.2, 0) is 61.8 Å². The van der Waals surface area contributed by atoms with Crippen LogP contribution in [0, 0.1) is 0 Å². The molecule has 1 fully saturated rings. The van der Waals surface area contributed by atoms with E-state index in [2.05, 4.69) is 50.8 Å². The average Bonchev–Trinajstić information content (AvgIpc) is 4.07. The van der Waals surface area contributed by atoms with Gasteiger partial charge in [0.15, 0.2) is 0 Å². The molecule has 4 rings (SSSR count). The van der Waals surface area contributed by atoms with Gasteiger partial charge in [0.2, 0.25) is 23.6 Å². The van der Waals surface area contributed by atoms with Gasteiger partial charge >= 0.3 is 6.09 Å². The van der Waals surface area contributed by atoms with E-state index in [1.54, 1.807) is 0 Å². The molecule has 0 bridgehead atoms. The lowest BCUT2D eigenvalue weighted by atomic mass is 9.98. The molecule has 0 spiro atoms. The van der Waals surface area contributed by atoms with Crippen LogP contribution in [0.25, 0.3) is 11.1 Å². The van der Waals surface area contributed by atoms with Crippen molar-refractivity contribution in [3.63, 3.8) is 0 Å². The number of rotatable bonds is 43. The Labute approximate surface area is 478 Å². The van der Waals surface area contributed by atoms with Crippen LogP contribution in [0.2, 0.25) is 0 Å². The Morgan fingerprint density at radius 3 is 0.914 bits per heavy atom. The Morgan fingerprint density at radius 1 is 0.370 bits per heavy atom. The molecule has 2 aliphatic rings. The summed E-state index contributed by atoms with van der Waals surface area (Å²) in [5, 5.41) is 14.5. The molecule has 1 saturated heterocycles. The van der Waals surface area contributed by atoms with E-state index in [1.807, 2.05) is 43.9 Å². The van der Waals surface area contributed by atoms with Crippen molar-refractivity contribution in [2.45, 2.75) is 5.92 Å². The van der Waals surface area contributed by atoms with Crippen LogP contribution in [0.1, 0.15) is 17.0 Å². The lowest BCUT2D eigenvalue weighted by molar-refractivity contribution is -0.125. The molecule has 0 radical (unpaired) electrons. The molecule has 0 saturated carbocycles. The van der Waals surface area contributed by atoms with Gasteiger partial charge in [-0.3, -0.25) is 38.8 Å². The predicted octanol–water partition coefficient (Wildman–Crippen LogP) is -2.78. The molecule has 0 unspecified atom stereocenters. The van der Waals surface area contributed by atoms with Crippen molar-refractivity contribution in [2.75, 3.05) is 243 Å². The molecule has 1 aliphatic heterocycles.